The van der Waals surface area contributed by atoms with Crippen LogP contribution in [0.4, 0.5) is 10.5 Å². The molecule has 0 unspecified atom stereocenters. The van der Waals surface area contributed by atoms with Gasteiger partial charge in [-0.05, 0) is 30.5 Å². The van der Waals surface area contributed by atoms with Crippen molar-refractivity contribution in [3.63, 3.8) is 0 Å². The first kappa shape index (κ1) is 11.9. The number of carbonyl (C=O) groups excluding carboxylic acids is 1. The molecule has 1 aromatic carbocycles. The highest BCUT2D eigenvalue weighted by atomic mass is 16.2. The van der Waals surface area contributed by atoms with E-state index in [4.69, 9.17) is 11.5 Å². The van der Waals surface area contributed by atoms with Crippen LogP contribution in [0, 0.1) is 0 Å². The lowest BCUT2D eigenvalue weighted by Crippen LogP contribution is -2.41. The van der Waals surface area contributed by atoms with Crippen LogP contribution in [-0.2, 0) is 5.41 Å². The smallest absolute Gasteiger partial charge is 0.318 e. The molecule has 0 aliphatic heterocycles. The molecule has 0 spiro atoms. The summed E-state index contributed by atoms with van der Waals surface area (Å²) in [4.78, 5) is 12.5. The number of carbonyl (C=O) groups is 1. The number of amides is 2. The number of anilines is 1. The summed E-state index contributed by atoms with van der Waals surface area (Å²) in [5.74, 6) is 0. The van der Waals surface area contributed by atoms with Crippen molar-refractivity contribution in [3.8, 4) is 0 Å². The van der Waals surface area contributed by atoms with Crippen molar-refractivity contribution in [2.75, 3.05) is 18.5 Å². The highest BCUT2D eigenvalue weighted by molar-refractivity contribution is 5.89. The first-order valence-electron chi connectivity index (χ1n) is 5.93. The zero-order valence-electron chi connectivity index (χ0n) is 10.1. The molecule has 4 nitrogen and oxygen atoms in total. The predicted octanol–water partition coefficient (Wildman–Crippen LogP) is 1.58. The summed E-state index contributed by atoms with van der Waals surface area (Å²) >= 11 is 0. The molecule has 0 heterocycles. The third-order valence-corrected chi connectivity index (χ3v) is 3.90. The summed E-state index contributed by atoms with van der Waals surface area (Å²) in [7, 11) is 1.67. The van der Waals surface area contributed by atoms with Gasteiger partial charge in [0.2, 0.25) is 0 Å². The molecule has 2 rings (SSSR count). The van der Waals surface area contributed by atoms with E-state index < -0.39 is 6.03 Å². The maximum atomic E-state index is 11.0. The van der Waals surface area contributed by atoms with Crippen LogP contribution in [0.2, 0.25) is 0 Å². The van der Waals surface area contributed by atoms with Crippen molar-refractivity contribution < 1.29 is 4.79 Å². The third kappa shape index (κ3) is 2.00. The largest absolute Gasteiger partial charge is 0.351 e. The number of nitrogens with two attached hydrogens (primary N) is 2. The summed E-state index contributed by atoms with van der Waals surface area (Å²) < 4.78 is 0. The van der Waals surface area contributed by atoms with E-state index in [2.05, 4.69) is 12.1 Å². The number of urea groups is 1. The normalized spacial score (nSPS) is 17.3. The van der Waals surface area contributed by atoms with Gasteiger partial charge in [-0.3, -0.25) is 4.90 Å². The predicted molar refractivity (Wildman–Crippen MR) is 69.0 cm³/mol. The van der Waals surface area contributed by atoms with Crippen molar-refractivity contribution in [2.24, 2.45) is 11.5 Å². The molecule has 0 atom stereocenters. The lowest BCUT2D eigenvalue weighted by molar-refractivity contribution is 0.253. The van der Waals surface area contributed by atoms with Gasteiger partial charge in [-0.1, -0.05) is 18.6 Å². The Balaban J connectivity index is 2.21. The molecule has 1 fully saturated rings. The Kier molecular flexibility index (Phi) is 3.07. The lowest BCUT2D eigenvalue weighted by Gasteiger charge is -2.41. The van der Waals surface area contributed by atoms with Gasteiger partial charge in [0.15, 0.2) is 0 Å². The highest BCUT2D eigenvalue weighted by Crippen LogP contribution is 2.43. The van der Waals surface area contributed by atoms with Crippen LogP contribution < -0.4 is 16.4 Å². The molecule has 0 saturated heterocycles. The molecule has 4 N–H and O–H groups in total. The summed E-state index contributed by atoms with van der Waals surface area (Å²) in [5.41, 5.74) is 13.3. The second kappa shape index (κ2) is 4.37. The van der Waals surface area contributed by atoms with E-state index in [1.165, 1.54) is 16.9 Å². The van der Waals surface area contributed by atoms with Crippen LogP contribution >= 0.6 is 0 Å². The van der Waals surface area contributed by atoms with Gasteiger partial charge in [0, 0.05) is 24.7 Å². The summed E-state index contributed by atoms with van der Waals surface area (Å²) in [6, 6.07) is 7.52. The first-order chi connectivity index (χ1) is 8.09. The van der Waals surface area contributed by atoms with Crippen molar-refractivity contribution in [3.05, 3.63) is 29.8 Å². The minimum atomic E-state index is -0.449. The van der Waals surface area contributed by atoms with Crippen LogP contribution in [0.15, 0.2) is 24.3 Å². The fraction of sp³-hybridized carbons (Fsp3) is 0.462. The molecule has 1 aliphatic rings. The van der Waals surface area contributed by atoms with Crippen LogP contribution in [0.25, 0.3) is 0 Å². The molecule has 1 aromatic rings. The van der Waals surface area contributed by atoms with E-state index in [1.54, 1.807) is 7.05 Å². The molecular weight excluding hydrogens is 214 g/mol. The van der Waals surface area contributed by atoms with E-state index in [1.807, 2.05) is 12.1 Å². The molecule has 92 valence electrons. The molecule has 1 aliphatic carbocycles. The topological polar surface area (TPSA) is 72.3 Å². The summed E-state index contributed by atoms with van der Waals surface area (Å²) in [5, 5.41) is 0. The summed E-state index contributed by atoms with van der Waals surface area (Å²) in [6.07, 6.45) is 3.57. The lowest BCUT2D eigenvalue weighted by atomic mass is 9.64. The van der Waals surface area contributed by atoms with E-state index in [0.717, 1.165) is 18.5 Å². The van der Waals surface area contributed by atoms with E-state index in [9.17, 15) is 4.79 Å². The van der Waals surface area contributed by atoms with Crippen LogP contribution in [0.1, 0.15) is 24.8 Å². The molecular formula is C13H19N3O. The second-order valence-electron chi connectivity index (χ2n) is 4.78. The van der Waals surface area contributed by atoms with Gasteiger partial charge in [-0.25, -0.2) is 4.79 Å². The fourth-order valence-electron chi connectivity index (χ4n) is 2.38. The van der Waals surface area contributed by atoms with Gasteiger partial charge in [-0.2, -0.15) is 0 Å². The highest BCUT2D eigenvalue weighted by Gasteiger charge is 2.37. The molecule has 0 bridgehead atoms. The average Bonchev–Trinajstić information content (AvgIpc) is 2.28. The van der Waals surface area contributed by atoms with Gasteiger partial charge in [0.05, 0.1) is 0 Å². The number of benzene rings is 1. The number of primary amides is 1. The Hall–Kier alpha value is -1.55. The van der Waals surface area contributed by atoms with E-state index in [0.29, 0.717) is 6.54 Å². The van der Waals surface area contributed by atoms with Gasteiger partial charge in [0.1, 0.15) is 0 Å². The van der Waals surface area contributed by atoms with Crippen molar-refractivity contribution >= 4 is 11.7 Å². The van der Waals surface area contributed by atoms with Gasteiger partial charge >= 0.3 is 6.03 Å². The quantitative estimate of drug-likeness (QED) is 0.832. The Morgan fingerprint density at radius 3 is 2.29 bits per heavy atom. The number of hydrogen-bond donors (Lipinski definition) is 2. The van der Waals surface area contributed by atoms with Crippen molar-refractivity contribution in [1.82, 2.24) is 0 Å². The number of rotatable bonds is 3. The van der Waals surface area contributed by atoms with E-state index >= 15 is 0 Å². The van der Waals surface area contributed by atoms with Gasteiger partial charge < -0.3 is 11.5 Å². The molecule has 2 amide bonds. The van der Waals surface area contributed by atoms with Crippen molar-refractivity contribution in [1.29, 1.82) is 0 Å². The Labute approximate surface area is 102 Å². The number of hydrogen-bond acceptors (Lipinski definition) is 2. The van der Waals surface area contributed by atoms with Gasteiger partial charge in [0.25, 0.3) is 0 Å². The Bertz CT molecular complexity index is 404. The van der Waals surface area contributed by atoms with Crippen molar-refractivity contribution in [2.45, 2.75) is 24.7 Å². The van der Waals surface area contributed by atoms with Crippen LogP contribution in [0.5, 0.6) is 0 Å². The zero-order chi connectivity index (χ0) is 12.5. The maximum absolute atomic E-state index is 11.0. The number of nitrogens with zero attached hydrogens (tertiary/aromatic N) is 1. The van der Waals surface area contributed by atoms with Crippen LogP contribution in [-0.4, -0.2) is 19.6 Å². The van der Waals surface area contributed by atoms with E-state index in [-0.39, 0.29) is 5.41 Å². The third-order valence-electron chi connectivity index (χ3n) is 3.90. The minimum Gasteiger partial charge on any atom is -0.351 e. The van der Waals surface area contributed by atoms with Crippen LogP contribution in [0.3, 0.4) is 0 Å². The van der Waals surface area contributed by atoms with Gasteiger partial charge in [-0.15, -0.1) is 0 Å². The minimum absolute atomic E-state index is 0.170. The molecule has 17 heavy (non-hydrogen) atoms. The monoisotopic (exact) mass is 233 g/mol. The molecule has 0 aromatic heterocycles. The standard InChI is InChI=1S/C13H19N3O/c1-16(12(15)17)11-5-3-10(4-6-11)13(9-14)7-2-8-13/h3-6H,2,7-9,14H2,1H3,(H2,15,17). The molecule has 1 saturated carbocycles. The first-order valence-corrected chi connectivity index (χ1v) is 5.93. The Morgan fingerprint density at radius 1 is 1.35 bits per heavy atom. The second-order valence-corrected chi connectivity index (χ2v) is 4.78. The average molecular weight is 233 g/mol. The summed E-state index contributed by atoms with van der Waals surface area (Å²) in [6.45, 7) is 0.692. The SMILES string of the molecule is CN(C(N)=O)c1ccc(C2(CN)CCC2)cc1. The molecule has 0 radical (unpaired) electrons. The fourth-order valence-corrected chi connectivity index (χ4v) is 2.38. The zero-order valence-corrected chi connectivity index (χ0v) is 10.1. The Morgan fingerprint density at radius 2 is 1.94 bits per heavy atom. The maximum Gasteiger partial charge on any atom is 0.318 e. The molecule has 4 heteroatoms.